The van der Waals surface area contributed by atoms with Crippen molar-refractivity contribution in [3.05, 3.63) is 71.5 Å². The summed E-state index contributed by atoms with van der Waals surface area (Å²) in [5.41, 5.74) is 3.23. The first-order valence-electron chi connectivity index (χ1n) is 10.3. The molecule has 6 heteroatoms. The van der Waals surface area contributed by atoms with E-state index < -0.39 is 0 Å². The summed E-state index contributed by atoms with van der Waals surface area (Å²) < 4.78 is 11.3. The van der Waals surface area contributed by atoms with Gasteiger partial charge in [-0.1, -0.05) is 36.4 Å². The average molecular weight is 407 g/mol. The molecule has 0 bridgehead atoms. The van der Waals surface area contributed by atoms with E-state index in [9.17, 15) is 0 Å². The molecule has 0 aliphatic heterocycles. The highest BCUT2D eigenvalue weighted by atomic mass is 16.5. The molecular formula is C24H30N4O2. The van der Waals surface area contributed by atoms with Crippen molar-refractivity contribution >= 4 is 16.7 Å². The minimum absolute atomic E-state index is 0.532. The van der Waals surface area contributed by atoms with Crippen molar-refractivity contribution in [2.75, 3.05) is 26.9 Å². The number of guanidine groups is 1. The van der Waals surface area contributed by atoms with Crippen molar-refractivity contribution in [1.82, 2.24) is 15.6 Å². The summed E-state index contributed by atoms with van der Waals surface area (Å²) >= 11 is 0. The summed E-state index contributed by atoms with van der Waals surface area (Å²) in [5, 5.41) is 9.05. The third-order valence-corrected chi connectivity index (χ3v) is 4.76. The van der Waals surface area contributed by atoms with E-state index >= 15 is 0 Å². The normalized spacial score (nSPS) is 11.5. The SMILES string of the molecule is CCOCCOc1cc(C)ccc1CNC(=NC)NCc1nccc2ccccc12. The van der Waals surface area contributed by atoms with Crippen LogP contribution in [-0.2, 0) is 17.8 Å². The predicted octanol–water partition coefficient (Wildman–Crippen LogP) is 3.82. The first kappa shape index (κ1) is 21.6. The number of aliphatic imine (C=N–C) groups is 1. The zero-order valence-corrected chi connectivity index (χ0v) is 17.9. The molecule has 2 N–H and O–H groups in total. The molecule has 0 aliphatic rings. The number of pyridine rings is 1. The topological polar surface area (TPSA) is 67.8 Å². The Morgan fingerprint density at radius 2 is 1.87 bits per heavy atom. The molecule has 0 saturated heterocycles. The molecule has 0 spiro atoms. The van der Waals surface area contributed by atoms with Crippen LogP contribution < -0.4 is 15.4 Å². The summed E-state index contributed by atoms with van der Waals surface area (Å²) in [6.45, 7) is 7.04. The van der Waals surface area contributed by atoms with E-state index in [0.717, 1.165) is 28.0 Å². The molecular weight excluding hydrogens is 376 g/mol. The van der Waals surface area contributed by atoms with Crippen LogP contribution in [0.4, 0.5) is 0 Å². The van der Waals surface area contributed by atoms with E-state index in [0.29, 0.717) is 38.9 Å². The van der Waals surface area contributed by atoms with Gasteiger partial charge >= 0.3 is 0 Å². The highest BCUT2D eigenvalue weighted by Crippen LogP contribution is 2.20. The van der Waals surface area contributed by atoms with Gasteiger partial charge in [-0.2, -0.15) is 0 Å². The number of aryl methyl sites for hydroxylation is 1. The summed E-state index contributed by atoms with van der Waals surface area (Å²) in [5.74, 6) is 1.58. The van der Waals surface area contributed by atoms with Gasteiger partial charge in [0.1, 0.15) is 12.4 Å². The van der Waals surface area contributed by atoms with Crippen molar-refractivity contribution in [2.24, 2.45) is 4.99 Å². The van der Waals surface area contributed by atoms with Gasteiger partial charge in [0.25, 0.3) is 0 Å². The Kier molecular flexibility index (Phi) is 8.03. The number of nitrogens with zero attached hydrogens (tertiary/aromatic N) is 2. The molecule has 6 nitrogen and oxygen atoms in total. The third kappa shape index (κ3) is 5.94. The predicted molar refractivity (Wildman–Crippen MR) is 122 cm³/mol. The maximum absolute atomic E-state index is 5.93. The van der Waals surface area contributed by atoms with Crippen molar-refractivity contribution in [3.8, 4) is 5.75 Å². The molecule has 2 aromatic carbocycles. The van der Waals surface area contributed by atoms with Gasteiger partial charge in [-0.05, 0) is 36.9 Å². The molecule has 0 aliphatic carbocycles. The molecule has 0 saturated carbocycles. The molecule has 0 amide bonds. The highest BCUT2D eigenvalue weighted by molar-refractivity contribution is 5.85. The number of nitrogens with one attached hydrogen (secondary N) is 2. The van der Waals surface area contributed by atoms with Gasteiger partial charge in [0.15, 0.2) is 5.96 Å². The Balaban J connectivity index is 1.60. The van der Waals surface area contributed by atoms with E-state index in [-0.39, 0.29) is 0 Å². The van der Waals surface area contributed by atoms with Gasteiger partial charge in [0.05, 0.1) is 18.8 Å². The quantitative estimate of drug-likeness (QED) is 0.321. The number of hydrogen-bond acceptors (Lipinski definition) is 4. The molecule has 0 unspecified atom stereocenters. The average Bonchev–Trinajstić information content (AvgIpc) is 2.78. The minimum atomic E-state index is 0.532. The third-order valence-electron chi connectivity index (χ3n) is 4.76. The van der Waals surface area contributed by atoms with Gasteiger partial charge in [-0.15, -0.1) is 0 Å². The maximum atomic E-state index is 5.93. The van der Waals surface area contributed by atoms with Crippen molar-refractivity contribution in [3.63, 3.8) is 0 Å². The summed E-state index contributed by atoms with van der Waals surface area (Å²) in [6, 6.07) is 16.5. The summed E-state index contributed by atoms with van der Waals surface area (Å²) in [4.78, 5) is 8.86. The molecule has 0 radical (unpaired) electrons. The second kappa shape index (κ2) is 11.2. The lowest BCUT2D eigenvalue weighted by atomic mass is 10.1. The fourth-order valence-electron chi connectivity index (χ4n) is 3.19. The summed E-state index contributed by atoms with van der Waals surface area (Å²) in [7, 11) is 1.76. The van der Waals surface area contributed by atoms with Crippen LogP contribution in [0.1, 0.15) is 23.7 Å². The first-order chi connectivity index (χ1) is 14.7. The lowest BCUT2D eigenvalue weighted by Gasteiger charge is -2.16. The number of aromatic nitrogens is 1. The number of hydrogen-bond donors (Lipinski definition) is 2. The molecule has 158 valence electrons. The Morgan fingerprint density at radius 3 is 2.70 bits per heavy atom. The fourth-order valence-corrected chi connectivity index (χ4v) is 3.19. The van der Waals surface area contributed by atoms with Gasteiger partial charge in [0.2, 0.25) is 0 Å². The van der Waals surface area contributed by atoms with Crippen LogP contribution in [0.25, 0.3) is 10.8 Å². The minimum Gasteiger partial charge on any atom is -0.491 e. The van der Waals surface area contributed by atoms with Crippen LogP contribution >= 0.6 is 0 Å². The van der Waals surface area contributed by atoms with Crippen LogP contribution in [0, 0.1) is 6.92 Å². The Morgan fingerprint density at radius 1 is 1.03 bits per heavy atom. The van der Waals surface area contributed by atoms with Crippen molar-refractivity contribution < 1.29 is 9.47 Å². The standard InChI is InChI=1S/C24H30N4O2/c1-4-29-13-14-30-23-15-18(2)9-10-20(23)16-27-24(25-3)28-17-22-21-8-6-5-7-19(21)11-12-26-22/h5-12,15H,4,13-14,16-17H2,1-3H3,(H2,25,27,28). The number of ether oxygens (including phenoxy) is 2. The molecule has 30 heavy (non-hydrogen) atoms. The molecule has 1 heterocycles. The van der Waals surface area contributed by atoms with Crippen LogP contribution in [0.5, 0.6) is 5.75 Å². The van der Waals surface area contributed by atoms with Crippen molar-refractivity contribution in [2.45, 2.75) is 26.9 Å². The first-order valence-corrected chi connectivity index (χ1v) is 10.3. The Bertz CT molecular complexity index is 983. The van der Waals surface area contributed by atoms with E-state index in [4.69, 9.17) is 9.47 Å². The van der Waals surface area contributed by atoms with Crippen LogP contribution in [-0.4, -0.2) is 37.8 Å². The van der Waals surface area contributed by atoms with E-state index in [2.05, 4.69) is 57.9 Å². The monoisotopic (exact) mass is 406 g/mol. The smallest absolute Gasteiger partial charge is 0.191 e. The molecule has 0 atom stereocenters. The summed E-state index contributed by atoms with van der Waals surface area (Å²) in [6.07, 6.45) is 1.84. The zero-order chi connectivity index (χ0) is 21.2. The highest BCUT2D eigenvalue weighted by Gasteiger charge is 2.07. The second-order valence-electron chi connectivity index (χ2n) is 6.91. The van der Waals surface area contributed by atoms with Crippen LogP contribution in [0.2, 0.25) is 0 Å². The van der Waals surface area contributed by atoms with Gasteiger partial charge in [-0.25, -0.2) is 0 Å². The fraction of sp³-hybridized carbons (Fsp3) is 0.333. The Labute approximate surface area is 178 Å². The van der Waals surface area contributed by atoms with Gasteiger partial charge in [0, 0.05) is 37.3 Å². The van der Waals surface area contributed by atoms with E-state index in [1.165, 1.54) is 5.39 Å². The number of rotatable bonds is 9. The lowest BCUT2D eigenvalue weighted by molar-refractivity contribution is 0.110. The van der Waals surface area contributed by atoms with Crippen LogP contribution in [0.15, 0.2) is 59.7 Å². The van der Waals surface area contributed by atoms with Crippen LogP contribution in [0.3, 0.4) is 0 Å². The molecule has 3 aromatic rings. The largest absolute Gasteiger partial charge is 0.491 e. The zero-order valence-electron chi connectivity index (χ0n) is 17.9. The Hall–Kier alpha value is -3.12. The van der Waals surface area contributed by atoms with E-state index in [1.54, 1.807) is 7.05 Å². The number of benzene rings is 2. The van der Waals surface area contributed by atoms with Gasteiger partial charge < -0.3 is 20.1 Å². The lowest BCUT2D eigenvalue weighted by Crippen LogP contribution is -2.36. The molecule has 1 aromatic heterocycles. The van der Waals surface area contributed by atoms with E-state index in [1.807, 2.05) is 31.3 Å². The van der Waals surface area contributed by atoms with Gasteiger partial charge in [-0.3, -0.25) is 9.98 Å². The molecule has 3 rings (SSSR count). The maximum Gasteiger partial charge on any atom is 0.191 e. The molecule has 0 fully saturated rings. The number of fused-ring (bicyclic) bond motifs is 1. The van der Waals surface area contributed by atoms with Crippen molar-refractivity contribution in [1.29, 1.82) is 0 Å². The second-order valence-corrected chi connectivity index (χ2v) is 6.91.